The monoisotopic (exact) mass is 392 g/mol. The Kier molecular flexibility index (Phi) is 5.09. The largest absolute Gasteiger partial charge is 0.305 e. The summed E-state index contributed by atoms with van der Waals surface area (Å²) < 4.78 is 2.05. The Labute approximate surface area is 167 Å². The number of aryl methyl sites for hydroxylation is 2. The van der Waals surface area contributed by atoms with Gasteiger partial charge in [0.15, 0.2) is 11.0 Å². The van der Waals surface area contributed by atoms with Gasteiger partial charge in [-0.2, -0.15) is 0 Å². The van der Waals surface area contributed by atoms with Gasteiger partial charge in [0.2, 0.25) is 0 Å². The number of rotatable bonds is 5. The van der Waals surface area contributed by atoms with Crippen molar-refractivity contribution in [3.63, 3.8) is 0 Å². The third-order valence-corrected chi connectivity index (χ3v) is 6.30. The van der Waals surface area contributed by atoms with Crippen LogP contribution in [0.2, 0.25) is 0 Å². The SMILES string of the molecule is Cc1ccc(-c2nc(CSc3nnc(-c4cccc(C)c4)n3C)cs2)cc1. The van der Waals surface area contributed by atoms with E-state index in [1.165, 1.54) is 16.7 Å². The van der Waals surface area contributed by atoms with E-state index in [1.54, 1.807) is 23.1 Å². The number of benzene rings is 2. The lowest BCUT2D eigenvalue weighted by Gasteiger charge is -2.04. The smallest absolute Gasteiger partial charge is 0.191 e. The fourth-order valence-corrected chi connectivity index (χ4v) is 4.55. The fourth-order valence-electron chi connectivity index (χ4n) is 2.82. The molecular formula is C21H20N4S2. The van der Waals surface area contributed by atoms with Crippen molar-refractivity contribution in [2.75, 3.05) is 0 Å². The predicted octanol–water partition coefficient (Wildman–Crippen LogP) is 5.51. The van der Waals surface area contributed by atoms with Crippen LogP contribution < -0.4 is 0 Å². The highest BCUT2D eigenvalue weighted by Gasteiger charge is 2.12. The quantitative estimate of drug-likeness (QED) is 0.420. The highest BCUT2D eigenvalue weighted by molar-refractivity contribution is 7.98. The van der Waals surface area contributed by atoms with Crippen LogP contribution >= 0.6 is 23.1 Å². The molecule has 27 heavy (non-hydrogen) atoms. The van der Waals surface area contributed by atoms with Gasteiger partial charge in [-0.05, 0) is 19.9 Å². The summed E-state index contributed by atoms with van der Waals surface area (Å²) in [5.41, 5.74) is 5.81. The Morgan fingerprint density at radius 1 is 0.963 bits per heavy atom. The van der Waals surface area contributed by atoms with Crippen LogP contribution in [0, 0.1) is 13.8 Å². The van der Waals surface area contributed by atoms with Crippen molar-refractivity contribution in [1.29, 1.82) is 0 Å². The molecule has 2 aromatic heterocycles. The van der Waals surface area contributed by atoms with Crippen molar-refractivity contribution in [2.24, 2.45) is 7.05 Å². The number of hydrogen-bond donors (Lipinski definition) is 0. The molecule has 0 aliphatic carbocycles. The molecule has 4 aromatic rings. The van der Waals surface area contributed by atoms with Crippen LogP contribution in [0.3, 0.4) is 0 Å². The van der Waals surface area contributed by atoms with E-state index >= 15 is 0 Å². The minimum absolute atomic E-state index is 0.780. The molecule has 4 rings (SSSR count). The number of thiazole rings is 1. The molecule has 0 unspecified atom stereocenters. The maximum absolute atomic E-state index is 4.77. The zero-order chi connectivity index (χ0) is 18.8. The van der Waals surface area contributed by atoms with Gasteiger partial charge in [-0.1, -0.05) is 65.4 Å². The zero-order valence-corrected chi connectivity index (χ0v) is 17.1. The first kappa shape index (κ1) is 17.9. The maximum Gasteiger partial charge on any atom is 0.191 e. The van der Waals surface area contributed by atoms with Gasteiger partial charge in [0, 0.05) is 29.3 Å². The van der Waals surface area contributed by atoms with E-state index in [0.29, 0.717) is 0 Å². The van der Waals surface area contributed by atoms with Crippen molar-refractivity contribution >= 4 is 23.1 Å². The molecule has 2 heterocycles. The molecule has 0 bridgehead atoms. The Bertz CT molecular complexity index is 1060. The van der Waals surface area contributed by atoms with Crippen LogP contribution in [0.1, 0.15) is 16.8 Å². The molecule has 0 saturated carbocycles. The zero-order valence-electron chi connectivity index (χ0n) is 15.5. The van der Waals surface area contributed by atoms with E-state index in [1.807, 2.05) is 17.7 Å². The molecule has 0 fully saturated rings. The molecule has 6 heteroatoms. The second kappa shape index (κ2) is 7.66. The van der Waals surface area contributed by atoms with E-state index in [-0.39, 0.29) is 0 Å². The van der Waals surface area contributed by atoms with E-state index in [4.69, 9.17) is 4.98 Å². The second-order valence-corrected chi connectivity index (χ2v) is 8.33. The molecule has 0 atom stereocenters. The Morgan fingerprint density at radius 2 is 1.78 bits per heavy atom. The molecule has 0 spiro atoms. The van der Waals surface area contributed by atoms with Crippen molar-refractivity contribution in [3.05, 3.63) is 70.7 Å². The normalized spacial score (nSPS) is 11.1. The lowest BCUT2D eigenvalue weighted by atomic mass is 10.1. The van der Waals surface area contributed by atoms with Crippen LogP contribution in [0.25, 0.3) is 22.0 Å². The van der Waals surface area contributed by atoms with Crippen molar-refractivity contribution in [1.82, 2.24) is 19.7 Å². The number of aromatic nitrogens is 4. The van der Waals surface area contributed by atoms with Gasteiger partial charge in [0.05, 0.1) is 5.69 Å². The molecule has 0 saturated heterocycles. The summed E-state index contributed by atoms with van der Waals surface area (Å²) in [4.78, 5) is 4.77. The average molecular weight is 393 g/mol. The molecule has 2 aromatic carbocycles. The van der Waals surface area contributed by atoms with Crippen molar-refractivity contribution < 1.29 is 0 Å². The minimum atomic E-state index is 0.780. The Morgan fingerprint density at radius 3 is 2.56 bits per heavy atom. The fraction of sp³-hybridized carbons (Fsp3) is 0.190. The molecule has 0 aliphatic rings. The Hall–Kier alpha value is -2.44. The lowest BCUT2D eigenvalue weighted by molar-refractivity contribution is 0.793. The van der Waals surface area contributed by atoms with Crippen LogP contribution in [-0.2, 0) is 12.8 Å². The van der Waals surface area contributed by atoms with Gasteiger partial charge in [-0.25, -0.2) is 4.98 Å². The second-order valence-electron chi connectivity index (χ2n) is 6.53. The van der Waals surface area contributed by atoms with Crippen LogP contribution in [0.4, 0.5) is 0 Å². The average Bonchev–Trinajstić information content (AvgIpc) is 3.27. The number of thioether (sulfide) groups is 1. The summed E-state index contributed by atoms with van der Waals surface area (Å²) in [5, 5.41) is 12.8. The number of hydrogen-bond acceptors (Lipinski definition) is 5. The van der Waals surface area contributed by atoms with E-state index in [2.05, 4.69) is 71.9 Å². The van der Waals surface area contributed by atoms with Gasteiger partial charge in [0.1, 0.15) is 5.01 Å². The molecule has 0 aliphatic heterocycles. The Balaban J connectivity index is 1.47. The first-order valence-corrected chi connectivity index (χ1v) is 10.6. The third kappa shape index (κ3) is 3.96. The summed E-state index contributed by atoms with van der Waals surface area (Å²) in [6, 6.07) is 16.8. The van der Waals surface area contributed by atoms with Gasteiger partial charge < -0.3 is 4.57 Å². The molecular weight excluding hydrogens is 372 g/mol. The van der Waals surface area contributed by atoms with Crippen LogP contribution in [0.5, 0.6) is 0 Å². The molecule has 136 valence electrons. The van der Waals surface area contributed by atoms with Gasteiger partial charge in [-0.15, -0.1) is 21.5 Å². The van der Waals surface area contributed by atoms with Gasteiger partial charge >= 0.3 is 0 Å². The van der Waals surface area contributed by atoms with Crippen molar-refractivity contribution in [2.45, 2.75) is 24.8 Å². The molecule has 0 radical (unpaired) electrons. The van der Waals surface area contributed by atoms with E-state index < -0.39 is 0 Å². The van der Waals surface area contributed by atoms with Crippen LogP contribution in [0.15, 0.2) is 59.1 Å². The van der Waals surface area contributed by atoms with Crippen molar-refractivity contribution in [3.8, 4) is 22.0 Å². The summed E-state index contributed by atoms with van der Waals surface area (Å²) in [6.45, 7) is 4.18. The first-order valence-electron chi connectivity index (χ1n) is 8.71. The minimum Gasteiger partial charge on any atom is -0.305 e. The van der Waals surface area contributed by atoms with E-state index in [9.17, 15) is 0 Å². The number of nitrogens with zero attached hydrogens (tertiary/aromatic N) is 4. The van der Waals surface area contributed by atoms with Crippen LogP contribution in [-0.4, -0.2) is 19.7 Å². The molecule has 0 N–H and O–H groups in total. The highest BCUT2D eigenvalue weighted by atomic mass is 32.2. The highest BCUT2D eigenvalue weighted by Crippen LogP contribution is 2.29. The summed E-state index contributed by atoms with van der Waals surface area (Å²) in [6.07, 6.45) is 0. The molecule has 0 amide bonds. The van der Waals surface area contributed by atoms with Gasteiger partial charge in [-0.3, -0.25) is 0 Å². The van der Waals surface area contributed by atoms with Gasteiger partial charge in [0.25, 0.3) is 0 Å². The standard InChI is InChI=1S/C21H20N4S2/c1-14-7-9-16(10-8-14)20-22-18(12-26-20)13-27-21-24-23-19(25(21)3)17-6-4-5-15(2)11-17/h4-12H,13H2,1-3H3. The topological polar surface area (TPSA) is 43.6 Å². The molecule has 4 nitrogen and oxygen atoms in total. The lowest BCUT2D eigenvalue weighted by Crippen LogP contribution is -1.95. The predicted molar refractivity (Wildman–Crippen MR) is 113 cm³/mol. The summed E-state index contributed by atoms with van der Waals surface area (Å²) in [5.74, 6) is 1.67. The third-order valence-electron chi connectivity index (χ3n) is 4.31. The van der Waals surface area contributed by atoms with E-state index in [0.717, 1.165) is 33.0 Å². The first-order chi connectivity index (χ1) is 13.1. The summed E-state index contributed by atoms with van der Waals surface area (Å²) in [7, 11) is 2.01. The summed E-state index contributed by atoms with van der Waals surface area (Å²) >= 11 is 3.35. The maximum atomic E-state index is 4.77.